The summed E-state index contributed by atoms with van der Waals surface area (Å²) < 4.78 is 4.03. The third-order valence-corrected chi connectivity index (χ3v) is 4.81. The summed E-state index contributed by atoms with van der Waals surface area (Å²) in [6.07, 6.45) is 11.1. The van der Waals surface area contributed by atoms with E-state index in [9.17, 15) is 0 Å². The van der Waals surface area contributed by atoms with Crippen molar-refractivity contribution in [2.75, 3.05) is 0 Å². The van der Waals surface area contributed by atoms with Crippen LogP contribution in [0, 0.1) is 0 Å². The second-order valence-electron chi connectivity index (χ2n) is 6.62. The summed E-state index contributed by atoms with van der Waals surface area (Å²) in [4.78, 5) is 8.06. The first-order valence-corrected chi connectivity index (χ1v) is 9.14. The summed E-state index contributed by atoms with van der Waals surface area (Å²) in [6, 6.07) is 25.4. The van der Waals surface area contributed by atoms with Gasteiger partial charge in [-0.2, -0.15) is 0 Å². The zero-order chi connectivity index (χ0) is 18.8. The Labute approximate surface area is 212 Å². The van der Waals surface area contributed by atoms with Crippen molar-refractivity contribution >= 4 is 21.5 Å². The van der Waals surface area contributed by atoms with E-state index in [4.69, 9.17) is 0 Å². The molecule has 6 aromatic rings. The summed E-state index contributed by atoms with van der Waals surface area (Å²) in [6.45, 7) is 0. The molecule has 0 unspecified atom stereocenters. The fraction of sp³-hybridized carbons (Fsp3) is 0. The fourth-order valence-electron chi connectivity index (χ4n) is 3.39. The van der Waals surface area contributed by atoms with Gasteiger partial charge in [0.1, 0.15) is 0 Å². The van der Waals surface area contributed by atoms with Gasteiger partial charge < -0.3 is 33.9 Å². The first-order valence-electron chi connectivity index (χ1n) is 9.14. The number of nitrogens with zero attached hydrogens (tertiary/aromatic N) is 4. The topological polar surface area (TPSA) is 35.6 Å². The number of imidazole rings is 2. The van der Waals surface area contributed by atoms with Gasteiger partial charge in [-0.05, 0) is 11.4 Å². The maximum absolute atomic E-state index is 4.03. The van der Waals surface area contributed by atoms with Crippen LogP contribution in [-0.2, 0) is 26.2 Å². The molecular formula is C24H18Cl2N4Zr. The maximum Gasteiger partial charge on any atom is 4.00 e. The van der Waals surface area contributed by atoms with Crippen molar-refractivity contribution < 1.29 is 51.0 Å². The summed E-state index contributed by atoms with van der Waals surface area (Å²) in [5, 5.41) is 5.10. The monoisotopic (exact) mass is 522 g/mol. The standard InChI is InChI=1S/2C12H9N2.2ClH.Zr/c2*1-2-4-11-8-12(7-10(11)3-1)14-6-5-13-9-14;;;/h2*1-9H;2*1H;/q2*-1;;;+4/p-2. The molecule has 0 spiro atoms. The van der Waals surface area contributed by atoms with Gasteiger partial charge >= 0.3 is 26.2 Å². The number of fused-ring (bicyclic) bond motifs is 2. The number of aromatic nitrogens is 4. The van der Waals surface area contributed by atoms with Crippen LogP contribution in [0.4, 0.5) is 0 Å². The molecule has 0 saturated carbocycles. The number of halogens is 2. The Kier molecular flexibility index (Phi) is 9.00. The molecule has 0 N–H and O–H groups in total. The third kappa shape index (κ3) is 5.43. The van der Waals surface area contributed by atoms with E-state index in [1.807, 2.05) is 34.2 Å². The predicted molar refractivity (Wildman–Crippen MR) is 113 cm³/mol. The molecule has 0 radical (unpaired) electrons. The molecular weight excluding hydrogens is 506 g/mol. The minimum atomic E-state index is 0. The second-order valence-corrected chi connectivity index (χ2v) is 6.62. The van der Waals surface area contributed by atoms with Gasteiger partial charge in [-0.15, -0.1) is 82.2 Å². The number of benzene rings is 2. The van der Waals surface area contributed by atoms with Crippen LogP contribution in [0.2, 0.25) is 0 Å². The quantitative estimate of drug-likeness (QED) is 0.287. The van der Waals surface area contributed by atoms with Crippen LogP contribution in [0.15, 0.2) is 110 Å². The molecule has 31 heavy (non-hydrogen) atoms. The van der Waals surface area contributed by atoms with Crippen molar-refractivity contribution in [2.45, 2.75) is 0 Å². The van der Waals surface area contributed by atoms with E-state index >= 15 is 0 Å². The Bertz CT molecular complexity index is 1150. The third-order valence-electron chi connectivity index (χ3n) is 4.81. The Morgan fingerprint density at radius 3 is 1.39 bits per heavy atom. The molecule has 0 amide bonds. The summed E-state index contributed by atoms with van der Waals surface area (Å²) in [5.74, 6) is 0. The van der Waals surface area contributed by atoms with Crippen molar-refractivity contribution in [3.05, 3.63) is 110 Å². The Morgan fingerprint density at radius 2 is 1.03 bits per heavy atom. The van der Waals surface area contributed by atoms with Gasteiger partial charge in [-0.1, -0.05) is 12.1 Å². The van der Waals surface area contributed by atoms with Crippen molar-refractivity contribution in [1.82, 2.24) is 19.1 Å². The van der Waals surface area contributed by atoms with Crippen LogP contribution in [-0.4, -0.2) is 19.1 Å². The van der Waals surface area contributed by atoms with Crippen LogP contribution in [0.3, 0.4) is 0 Å². The van der Waals surface area contributed by atoms with E-state index in [-0.39, 0.29) is 51.0 Å². The summed E-state index contributed by atoms with van der Waals surface area (Å²) in [5.41, 5.74) is 2.34. The van der Waals surface area contributed by atoms with E-state index in [0.717, 1.165) is 0 Å². The van der Waals surface area contributed by atoms with Crippen LogP contribution < -0.4 is 24.8 Å². The SMILES string of the molecule is [Cl-].[Cl-].[Zr+4].c1ccc2[cH-]c(-n3ccnc3)cc2c1.c1ccc2[cH-]c(-n3ccnc3)cc2c1. The van der Waals surface area contributed by atoms with Gasteiger partial charge in [-0.3, -0.25) is 0 Å². The van der Waals surface area contributed by atoms with Crippen LogP contribution in [0.1, 0.15) is 0 Å². The van der Waals surface area contributed by atoms with Gasteiger partial charge in [0, 0.05) is 24.8 Å². The largest absolute Gasteiger partial charge is 4.00 e. The fourth-order valence-corrected chi connectivity index (χ4v) is 3.39. The maximum atomic E-state index is 4.03. The molecule has 2 aromatic heterocycles. The van der Waals surface area contributed by atoms with E-state index in [0.29, 0.717) is 0 Å². The van der Waals surface area contributed by atoms with Gasteiger partial charge in [-0.25, -0.2) is 9.97 Å². The molecule has 2 heterocycles. The van der Waals surface area contributed by atoms with Crippen LogP contribution in [0.25, 0.3) is 32.9 Å². The Hall–Kier alpha value is -2.46. The molecule has 0 fully saturated rings. The molecule has 0 aliphatic heterocycles. The van der Waals surface area contributed by atoms with Crippen molar-refractivity contribution in [2.24, 2.45) is 0 Å². The smallest absolute Gasteiger partial charge is 1.00 e. The van der Waals surface area contributed by atoms with Gasteiger partial charge in [0.05, 0.1) is 12.7 Å². The van der Waals surface area contributed by atoms with Gasteiger partial charge in [0.15, 0.2) is 0 Å². The van der Waals surface area contributed by atoms with E-state index < -0.39 is 0 Å². The molecule has 0 aliphatic carbocycles. The Balaban J connectivity index is 0.000000201. The minimum Gasteiger partial charge on any atom is -1.00 e. The molecule has 7 heteroatoms. The molecule has 0 aliphatic rings. The van der Waals surface area contributed by atoms with Crippen molar-refractivity contribution in [3.8, 4) is 11.4 Å². The molecule has 152 valence electrons. The average Bonchev–Trinajstić information content (AvgIpc) is 3.54. The molecule has 0 bridgehead atoms. The number of hydrogen-bond donors (Lipinski definition) is 0. The van der Waals surface area contributed by atoms with E-state index in [2.05, 4.69) is 82.8 Å². The zero-order valence-corrected chi connectivity index (χ0v) is 20.4. The van der Waals surface area contributed by atoms with Crippen molar-refractivity contribution in [1.29, 1.82) is 0 Å². The summed E-state index contributed by atoms with van der Waals surface area (Å²) in [7, 11) is 0. The number of hydrogen-bond acceptors (Lipinski definition) is 2. The molecule has 4 aromatic carbocycles. The molecule has 6 rings (SSSR count). The Morgan fingerprint density at radius 1 is 0.613 bits per heavy atom. The number of rotatable bonds is 2. The van der Waals surface area contributed by atoms with Gasteiger partial charge in [0.25, 0.3) is 0 Å². The second kappa shape index (κ2) is 11.2. The molecule has 0 atom stereocenters. The zero-order valence-electron chi connectivity index (χ0n) is 16.4. The minimum absolute atomic E-state index is 0. The first-order chi connectivity index (χ1) is 13.9. The van der Waals surface area contributed by atoms with E-state index in [1.54, 1.807) is 12.4 Å². The summed E-state index contributed by atoms with van der Waals surface area (Å²) >= 11 is 0. The van der Waals surface area contributed by atoms with Crippen molar-refractivity contribution in [3.63, 3.8) is 0 Å². The van der Waals surface area contributed by atoms with Crippen LogP contribution in [0.5, 0.6) is 0 Å². The van der Waals surface area contributed by atoms with Crippen LogP contribution >= 0.6 is 0 Å². The molecule has 0 saturated heterocycles. The first kappa shape index (κ1) is 24.8. The average molecular weight is 525 g/mol. The van der Waals surface area contributed by atoms with E-state index in [1.165, 1.54) is 32.9 Å². The normalized spacial score (nSPS) is 9.81. The van der Waals surface area contributed by atoms with Gasteiger partial charge in [0.2, 0.25) is 0 Å². The predicted octanol–water partition coefficient (Wildman–Crippen LogP) is -0.506. The molecule has 4 nitrogen and oxygen atoms in total.